The summed E-state index contributed by atoms with van der Waals surface area (Å²) in [5.41, 5.74) is 4.32. The van der Waals surface area contributed by atoms with Crippen LogP contribution in [-0.4, -0.2) is 31.5 Å². The molecule has 8 heteroatoms. The molecule has 0 amide bonds. The van der Waals surface area contributed by atoms with E-state index in [-0.39, 0.29) is 5.56 Å². The van der Waals surface area contributed by atoms with Crippen LogP contribution in [0.3, 0.4) is 0 Å². The lowest BCUT2D eigenvalue weighted by molar-refractivity contribution is 0.415. The lowest BCUT2D eigenvalue weighted by atomic mass is 10.0. The molecule has 0 N–H and O–H groups in total. The molecule has 0 saturated carbocycles. The molecule has 0 atom stereocenters. The molecule has 41 heavy (non-hydrogen) atoms. The Kier molecular flexibility index (Phi) is 6.22. The van der Waals surface area contributed by atoms with Crippen LogP contribution in [0.4, 0.5) is 0 Å². The van der Waals surface area contributed by atoms with Gasteiger partial charge in [0.1, 0.15) is 11.4 Å². The quantitative estimate of drug-likeness (QED) is 0.257. The van der Waals surface area contributed by atoms with E-state index < -0.39 is 0 Å². The SMILES string of the molecule is COc1ccc(/C=C/c2nc3s/c(=C\c4cn(-c5ccccc5)nc4-c4ccc5ccccc5c4)c(=O)n3n2)cc1. The summed E-state index contributed by atoms with van der Waals surface area (Å²) in [6.07, 6.45) is 7.54. The Morgan fingerprint density at radius 2 is 1.61 bits per heavy atom. The fourth-order valence-corrected chi connectivity index (χ4v) is 5.62. The number of ether oxygens (including phenoxy) is 1. The van der Waals surface area contributed by atoms with E-state index in [4.69, 9.17) is 9.84 Å². The van der Waals surface area contributed by atoms with Crippen LogP contribution in [0.15, 0.2) is 108 Å². The number of nitrogens with zero attached hydrogens (tertiary/aromatic N) is 5. The summed E-state index contributed by atoms with van der Waals surface area (Å²) in [7, 11) is 1.64. The zero-order valence-corrected chi connectivity index (χ0v) is 22.8. The largest absolute Gasteiger partial charge is 0.497 e. The van der Waals surface area contributed by atoms with Gasteiger partial charge >= 0.3 is 0 Å². The minimum atomic E-state index is -0.210. The van der Waals surface area contributed by atoms with Gasteiger partial charge in [-0.2, -0.15) is 14.6 Å². The number of hydrogen-bond acceptors (Lipinski definition) is 6. The van der Waals surface area contributed by atoms with Crippen LogP contribution < -0.4 is 14.8 Å². The number of para-hydroxylation sites is 1. The van der Waals surface area contributed by atoms with E-state index in [0.717, 1.165) is 44.6 Å². The van der Waals surface area contributed by atoms with Gasteiger partial charge in [-0.15, -0.1) is 5.10 Å². The average Bonchev–Trinajstić information content (AvgIpc) is 3.71. The lowest BCUT2D eigenvalue weighted by Crippen LogP contribution is -2.23. The van der Waals surface area contributed by atoms with Crippen molar-refractivity contribution in [3.8, 4) is 22.7 Å². The summed E-state index contributed by atoms with van der Waals surface area (Å²) in [6.45, 7) is 0. The maximum atomic E-state index is 13.4. The highest BCUT2D eigenvalue weighted by molar-refractivity contribution is 7.15. The second-order valence-electron chi connectivity index (χ2n) is 9.46. The van der Waals surface area contributed by atoms with Gasteiger partial charge in [-0.25, -0.2) is 4.68 Å². The van der Waals surface area contributed by atoms with Crippen molar-refractivity contribution in [3.05, 3.63) is 135 Å². The van der Waals surface area contributed by atoms with Crippen molar-refractivity contribution in [1.29, 1.82) is 0 Å². The van der Waals surface area contributed by atoms with Crippen LogP contribution in [-0.2, 0) is 0 Å². The molecule has 4 aromatic carbocycles. The third-order valence-corrected chi connectivity index (χ3v) is 7.77. The second kappa shape index (κ2) is 10.3. The first-order valence-electron chi connectivity index (χ1n) is 13.0. The third-order valence-electron chi connectivity index (χ3n) is 6.81. The predicted molar refractivity (Wildman–Crippen MR) is 164 cm³/mol. The van der Waals surface area contributed by atoms with Crippen molar-refractivity contribution in [2.75, 3.05) is 7.11 Å². The van der Waals surface area contributed by atoms with E-state index >= 15 is 0 Å². The molecule has 0 aliphatic heterocycles. The zero-order valence-electron chi connectivity index (χ0n) is 22.0. The number of rotatable bonds is 6. The van der Waals surface area contributed by atoms with Gasteiger partial charge < -0.3 is 4.74 Å². The molecule has 0 aliphatic rings. The third kappa shape index (κ3) is 4.81. The fraction of sp³-hybridized carbons (Fsp3) is 0.0303. The first-order valence-corrected chi connectivity index (χ1v) is 13.8. The molecular formula is C33H23N5O2S. The molecular weight excluding hydrogens is 530 g/mol. The minimum absolute atomic E-state index is 0.210. The molecule has 7 nitrogen and oxygen atoms in total. The Bertz CT molecular complexity index is 2160. The van der Waals surface area contributed by atoms with Gasteiger partial charge in [0.05, 0.1) is 17.3 Å². The molecule has 198 valence electrons. The Morgan fingerprint density at radius 1 is 0.829 bits per heavy atom. The van der Waals surface area contributed by atoms with Crippen LogP contribution in [0.1, 0.15) is 17.0 Å². The molecule has 0 aliphatic carbocycles. The van der Waals surface area contributed by atoms with Crippen molar-refractivity contribution in [3.63, 3.8) is 0 Å². The Balaban J connectivity index is 1.29. The molecule has 0 radical (unpaired) electrons. The number of thiazole rings is 1. The van der Waals surface area contributed by atoms with E-state index in [1.807, 2.05) is 89.8 Å². The highest BCUT2D eigenvalue weighted by Crippen LogP contribution is 2.28. The summed E-state index contributed by atoms with van der Waals surface area (Å²) >= 11 is 1.31. The van der Waals surface area contributed by atoms with E-state index in [0.29, 0.717) is 15.3 Å². The van der Waals surface area contributed by atoms with E-state index in [9.17, 15) is 4.79 Å². The first kappa shape index (κ1) is 24.7. The summed E-state index contributed by atoms with van der Waals surface area (Å²) in [4.78, 5) is 18.5. The molecule has 3 aromatic heterocycles. The highest BCUT2D eigenvalue weighted by Gasteiger charge is 2.14. The van der Waals surface area contributed by atoms with Crippen LogP contribution in [0.5, 0.6) is 5.75 Å². The van der Waals surface area contributed by atoms with E-state index in [1.54, 1.807) is 13.2 Å². The van der Waals surface area contributed by atoms with Crippen molar-refractivity contribution in [2.45, 2.75) is 0 Å². The van der Waals surface area contributed by atoms with Crippen molar-refractivity contribution in [2.24, 2.45) is 0 Å². The van der Waals surface area contributed by atoms with Gasteiger partial charge in [-0.3, -0.25) is 4.79 Å². The summed E-state index contributed by atoms with van der Waals surface area (Å²) < 4.78 is 8.96. The molecule has 7 rings (SSSR count). The first-order chi connectivity index (χ1) is 20.1. The number of methoxy groups -OCH3 is 1. The second-order valence-corrected chi connectivity index (χ2v) is 10.5. The van der Waals surface area contributed by atoms with Gasteiger partial charge in [-0.05, 0) is 58.8 Å². The van der Waals surface area contributed by atoms with Gasteiger partial charge in [0.25, 0.3) is 5.56 Å². The maximum Gasteiger partial charge on any atom is 0.291 e. The lowest BCUT2D eigenvalue weighted by Gasteiger charge is -2.03. The average molecular weight is 554 g/mol. The summed E-state index contributed by atoms with van der Waals surface area (Å²) in [5.74, 6) is 1.27. The smallest absolute Gasteiger partial charge is 0.291 e. The molecule has 3 heterocycles. The zero-order chi connectivity index (χ0) is 27.8. The predicted octanol–water partition coefficient (Wildman–Crippen LogP) is 5.88. The summed E-state index contributed by atoms with van der Waals surface area (Å²) in [6, 6.07) is 32.2. The fourth-order valence-electron chi connectivity index (χ4n) is 4.71. The standard InChI is InChI=1S/C33H23N5O2S/c1-40-28-16-11-22(12-17-28)13-18-30-34-33-38(35-30)32(39)29(41-33)20-26-21-37(27-9-3-2-4-10-27)36-31(26)25-15-14-23-7-5-6-8-24(23)19-25/h2-21H,1H3/b18-13+,29-20-. The number of fused-ring (bicyclic) bond motifs is 2. The van der Waals surface area contributed by atoms with Crippen LogP contribution >= 0.6 is 11.3 Å². The number of benzene rings is 4. The Morgan fingerprint density at radius 3 is 2.39 bits per heavy atom. The Labute approximate surface area is 238 Å². The molecule has 7 aromatic rings. The highest BCUT2D eigenvalue weighted by atomic mass is 32.1. The monoisotopic (exact) mass is 553 g/mol. The van der Waals surface area contributed by atoms with Crippen LogP contribution in [0, 0.1) is 0 Å². The van der Waals surface area contributed by atoms with Crippen LogP contribution in [0.2, 0.25) is 0 Å². The number of hydrogen-bond donors (Lipinski definition) is 0. The number of aromatic nitrogens is 5. The minimum Gasteiger partial charge on any atom is -0.497 e. The molecule has 0 fully saturated rings. The van der Waals surface area contributed by atoms with Gasteiger partial charge in [0, 0.05) is 17.3 Å². The van der Waals surface area contributed by atoms with Gasteiger partial charge in [0.2, 0.25) is 4.96 Å². The topological polar surface area (TPSA) is 74.3 Å². The summed E-state index contributed by atoms with van der Waals surface area (Å²) in [5, 5.41) is 11.7. The molecule has 0 bridgehead atoms. The maximum absolute atomic E-state index is 13.4. The molecule has 0 unspecified atom stereocenters. The van der Waals surface area contributed by atoms with E-state index in [2.05, 4.69) is 40.4 Å². The van der Waals surface area contributed by atoms with Crippen molar-refractivity contribution >= 4 is 45.3 Å². The van der Waals surface area contributed by atoms with Crippen LogP contribution in [0.25, 0.3) is 50.9 Å². The molecule has 0 spiro atoms. The normalized spacial score (nSPS) is 12.2. The Hall–Kier alpha value is -5.34. The van der Waals surface area contributed by atoms with Crippen molar-refractivity contribution in [1.82, 2.24) is 24.4 Å². The molecule has 0 saturated heterocycles. The van der Waals surface area contributed by atoms with E-state index in [1.165, 1.54) is 15.9 Å². The van der Waals surface area contributed by atoms with Gasteiger partial charge in [0.15, 0.2) is 5.82 Å². The van der Waals surface area contributed by atoms with Gasteiger partial charge in [-0.1, -0.05) is 84.1 Å². The van der Waals surface area contributed by atoms with Crippen molar-refractivity contribution < 1.29 is 4.74 Å².